The van der Waals surface area contributed by atoms with Gasteiger partial charge in [-0.05, 0) is 57.1 Å². The highest BCUT2D eigenvalue weighted by atomic mass is 16.4. The molecule has 5 nitrogen and oxygen atoms in total. The number of hydrogen-bond donors (Lipinski definition) is 1. The minimum absolute atomic E-state index is 0.233. The molecule has 1 N–H and O–H groups in total. The second-order valence-corrected chi connectivity index (χ2v) is 6.53. The molecule has 25 heavy (non-hydrogen) atoms. The van der Waals surface area contributed by atoms with E-state index in [1.54, 1.807) is 6.07 Å². The largest absolute Gasteiger partial charge is 0.455 e. The van der Waals surface area contributed by atoms with E-state index >= 15 is 0 Å². The number of anilines is 1. The number of pyridine rings is 1. The lowest BCUT2D eigenvalue weighted by Gasteiger charge is -2.12. The van der Waals surface area contributed by atoms with E-state index in [4.69, 9.17) is 4.42 Å². The Balaban J connectivity index is 1.53. The number of hydrogen-bond acceptors (Lipinski definition) is 4. The molecule has 3 aromatic rings. The summed E-state index contributed by atoms with van der Waals surface area (Å²) in [5.74, 6) is 0.944. The van der Waals surface area contributed by atoms with Gasteiger partial charge in [-0.15, -0.1) is 0 Å². The van der Waals surface area contributed by atoms with Crippen LogP contribution < -0.4 is 5.32 Å². The Kier molecular flexibility index (Phi) is 4.24. The van der Waals surface area contributed by atoms with Crippen molar-refractivity contribution in [3.05, 3.63) is 59.7 Å². The molecule has 0 bridgehead atoms. The van der Waals surface area contributed by atoms with Gasteiger partial charge in [0, 0.05) is 11.1 Å². The highest BCUT2D eigenvalue weighted by Crippen LogP contribution is 2.24. The summed E-state index contributed by atoms with van der Waals surface area (Å²) in [4.78, 5) is 19.4. The van der Waals surface area contributed by atoms with Gasteiger partial charge in [-0.1, -0.05) is 18.2 Å². The zero-order chi connectivity index (χ0) is 17.2. The third kappa shape index (κ3) is 3.42. The summed E-state index contributed by atoms with van der Waals surface area (Å²) in [7, 11) is 0. The van der Waals surface area contributed by atoms with Crippen LogP contribution in [0, 0.1) is 6.92 Å². The van der Waals surface area contributed by atoms with Gasteiger partial charge in [0.05, 0.1) is 17.7 Å². The van der Waals surface area contributed by atoms with Crippen LogP contribution in [0.1, 0.15) is 34.9 Å². The van der Waals surface area contributed by atoms with Crippen LogP contribution >= 0.6 is 0 Å². The number of carbonyl (C=O) groups is 1. The first-order valence-electron chi connectivity index (χ1n) is 8.68. The van der Waals surface area contributed by atoms with Crippen LogP contribution in [0.5, 0.6) is 0 Å². The first-order valence-corrected chi connectivity index (χ1v) is 8.68. The van der Waals surface area contributed by atoms with E-state index in [2.05, 4.69) is 15.2 Å². The Hall–Kier alpha value is -2.66. The van der Waals surface area contributed by atoms with E-state index in [-0.39, 0.29) is 5.91 Å². The van der Waals surface area contributed by atoms with Gasteiger partial charge in [0.15, 0.2) is 5.76 Å². The first kappa shape index (κ1) is 15.8. The molecule has 0 aliphatic carbocycles. The van der Waals surface area contributed by atoms with Crippen LogP contribution in [-0.2, 0) is 6.54 Å². The lowest BCUT2D eigenvalue weighted by molar-refractivity contribution is 0.0993. The number of nitrogens with zero attached hydrogens (tertiary/aromatic N) is 2. The highest BCUT2D eigenvalue weighted by Gasteiger charge is 2.17. The molecule has 2 aromatic heterocycles. The van der Waals surface area contributed by atoms with E-state index in [9.17, 15) is 4.79 Å². The molecule has 1 fully saturated rings. The second kappa shape index (κ2) is 6.69. The number of fused-ring (bicyclic) bond motifs is 1. The third-order valence-corrected chi connectivity index (χ3v) is 4.56. The molecule has 0 spiro atoms. The van der Waals surface area contributed by atoms with E-state index < -0.39 is 0 Å². The van der Waals surface area contributed by atoms with Gasteiger partial charge >= 0.3 is 0 Å². The Bertz CT molecular complexity index is 910. The number of benzene rings is 1. The number of nitrogens with one attached hydrogen (secondary N) is 1. The molecule has 4 rings (SSSR count). The number of para-hydroxylation sites is 1. The molecule has 0 saturated carbocycles. The van der Waals surface area contributed by atoms with E-state index in [0.717, 1.165) is 47.7 Å². The van der Waals surface area contributed by atoms with Crippen molar-refractivity contribution in [1.82, 2.24) is 9.88 Å². The molecule has 3 heterocycles. The van der Waals surface area contributed by atoms with Gasteiger partial charge in [-0.3, -0.25) is 14.7 Å². The fourth-order valence-electron chi connectivity index (χ4n) is 3.34. The number of rotatable bonds is 4. The first-order chi connectivity index (χ1) is 12.2. The molecule has 1 aromatic carbocycles. The Morgan fingerprint density at radius 2 is 2.00 bits per heavy atom. The maximum absolute atomic E-state index is 12.6. The molecule has 1 aliphatic heterocycles. The van der Waals surface area contributed by atoms with Crippen molar-refractivity contribution in [3.63, 3.8) is 0 Å². The molecule has 1 aliphatic rings. The zero-order valence-corrected chi connectivity index (χ0v) is 14.3. The van der Waals surface area contributed by atoms with Gasteiger partial charge in [0.2, 0.25) is 0 Å². The summed E-state index contributed by atoms with van der Waals surface area (Å²) in [6, 6.07) is 13.3. The molecule has 1 saturated heterocycles. The van der Waals surface area contributed by atoms with Crippen molar-refractivity contribution in [2.45, 2.75) is 26.3 Å². The number of furan rings is 1. The maximum Gasteiger partial charge on any atom is 0.291 e. The highest BCUT2D eigenvalue weighted by molar-refractivity contribution is 6.07. The van der Waals surface area contributed by atoms with Gasteiger partial charge in [0.1, 0.15) is 5.76 Å². The molecule has 1 amide bonds. The fourth-order valence-corrected chi connectivity index (χ4v) is 3.34. The molecular formula is C20H21N3O2. The van der Waals surface area contributed by atoms with E-state index in [0.29, 0.717) is 5.76 Å². The third-order valence-electron chi connectivity index (χ3n) is 4.56. The summed E-state index contributed by atoms with van der Waals surface area (Å²) in [5, 5.41) is 3.88. The van der Waals surface area contributed by atoms with Gasteiger partial charge in [-0.2, -0.15) is 0 Å². The van der Waals surface area contributed by atoms with Crippen LogP contribution in [0.4, 0.5) is 5.69 Å². The van der Waals surface area contributed by atoms with Crippen LogP contribution in [0.3, 0.4) is 0 Å². The quantitative estimate of drug-likeness (QED) is 0.783. The average Bonchev–Trinajstić information content (AvgIpc) is 3.27. The molecule has 0 radical (unpaired) electrons. The summed E-state index contributed by atoms with van der Waals surface area (Å²) in [6.07, 6.45) is 2.48. The summed E-state index contributed by atoms with van der Waals surface area (Å²) < 4.78 is 5.75. The minimum Gasteiger partial charge on any atom is -0.455 e. The number of likely N-dealkylation sites (tertiary alicyclic amines) is 1. The molecule has 0 atom stereocenters. The van der Waals surface area contributed by atoms with Gasteiger partial charge in [-0.25, -0.2) is 0 Å². The summed E-state index contributed by atoms with van der Waals surface area (Å²) in [6.45, 7) is 4.89. The summed E-state index contributed by atoms with van der Waals surface area (Å²) in [5.41, 5.74) is 2.49. The van der Waals surface area contributed by atoms with Crippen molar-refractivity contribution in [3.8, 4) is 0 Å². The molecule has 128 valence electrons. The monoisotopic (exact) mass is 335 g/mol. The normalized spacial score (nSPS) is 14.9. The molecule has 0 unspecified atom stereocenters. The smallest absolute Gasteiger partial charge is 0.291 e. The minimum atomic E-state index is -0.233. The fraction of sp³-hybridized carbons (Fsp3) is 0.300. The predicted octanol–water partition coefficient (Wildman–Crippen LogP) is 3.98. The lowest BCUT2D eigenvalue weighted by Crippen LogP contribution is -2.18. The van der Waals surface area contributed by atoms with Crippen molar-refractivity contribution in [1.29, 1.82) is 0 Å². The lowest BCUT2D eigenvalue weighted by atomic mass is 10.1. The van der Waals surface area contributed by atoms with Crippen LogP contribution in [0.15, 0.2) is 46.9 Å². The number of aromatic nitrogens is 1. The van der Waals surface area contributed by atoms with Crippen molar-refractivity contribution in [2.75, 3.05) is 18.4 Å². The Morgan fingerprint density at radius 3 is 2.84 bits per heavy atom. The number of aryl methyl sites for hydroxylation is 1. The van der Waals surface area contributed by atoms with Crippen molar-refractivity contribution < 1.29 is 9.21 Å². The topological polar surface area (TPSA) is 58.4 Å². The SMILES string of the molecule is Cc1cc(NC(=O)c2ccc(CN3CCCC3)o2)c2ccccc2n1. The molecular weight excluding hydrogens is 314 g/mol. The van der Waals surface area contributed by atoms with Crippen LogP contribution in [-0.4, -0.2) is 28.9 Å². The standard InChI is InChI=1S/C20H21N3O2/c1-14-12-18(16-6-2-3-7-17(16)21-14)22-20(24)19-9-8-15(25-19)13-23-10-4-5-11-23/h2-3,6-9,12H,4-5,10-11,13H2,1H3,(H,21,22,24). The maximum atomic E-state index is 12.6. The summed E-state index contributed by atoms with van der Waals surface area (Å²) >= 11 is 0. The Morgan fingerprint density at radius 1 is 1.20 bits per heavy atom. The predicted molar refractivity (Wildman–Crippen MR) is 97.7 cm³/mol. The van der Waals surface area contributed by atoms with E-state index in [1.807, 2.05) is 43.3 Å². The van der Waals surface area contributed by atoms with Gasteiger partial charge < -0.3 is 9.73 Å². The molecule has 5 heteroatoms. The zero-order valence-electron chi connectivity index (χ0n) is 14.3. The van der Waals surface area contributed by atoms with E-state index in [1.165, 1.54) is 12.8 Å². The Labute approximate surface area is 146 Å². The van der Waals surface area contributed by atoms with Crippen molar-refractivity contribution >= 4 is 22.5 Å². The van der Waals surface area contributed by atoms with Gasteiger partial charge in [0.25, 0.3) is 5.91 Å². The second-order valence-electron chi connectivity index (χ2n) is 6.53. The number of amides is 1. The van der Waals surface area contributed by atoms with Crippen LogP contribution in [0.2, 0.25) is 0 Å². The van der Waals surface area contributed by atoms with Crippen molar-refractivity contribution in [2.24, 2.45) is 0 Å². The average molecular weight is 335 g/mol. The van der Waals surface area contributed by atoms with Crippen LogP contribution in [0.25, 0.3) is 10.9 Å². The number of carbonyl (C=O) groups excluding carboxylic acids is 1.